The van der Waals surface area contributed by atoms with Crippen molar-refractivity contribution < 1.29 is 8.42 Å². The van der Waals surface area contributed by atoms with Crippen molar-refractivity contribution in [1.82, 2.24) is 4.72 Å². The Hall–Kier alpha value is -2.46. The van der Waals surface area contributed by atoms with Gasteiger partial charge in [0.15, 0.2) is 0 Å². The molecule has 1 heterocycles. The number of hydrogen-bond donors (Lipinski definition) is 1. The summed E-state index contributed by atoms with van der Waals surface area (Å²) in [6, 6.07) is 17.8. The Labute approximate surface area is 145 Å². The van der Waals surface area contributed by atoms with E-state index in [0.29, 0.717) is 0 Å². The van der Waals surface area contributed by atoms with Crippen molar-refractivity contribution in [3.8, 4) is 17.2 Å². The molecule has 24 heavy (non-hydrogen) atoms. The lowest BCUT2D eigenvalue weighted by molar-refractivity contribution is 0.581. The second-order valence-corrected chi connectivity index (χ2v) is 7.62. The molecule has 3 aromatic rings. The minimum Gasteiger partial charge on any atom is -0.207 e. The summed E-state index contributed by atoms with van der Waals surface area (Å²) in [7, 11) is -3.76. The Bertz CT molecular complexity index is 988. The highest BCUT2D eigenvalue weighted by molar-refractivity contribution is 7.89. The second-order valence-electron chi connectivity index (χ2n) is 5.10. The number of nitrogens with one attached hydrogen (secondary N) is 1. The van der Waals surface area contributed by atoms with Crippen LogP contribution in [0, 0.1) is 11.3 Å². The van der Waals surface area contributed by atoms with Crippen LogP contribution in [0.2, 0.25) is 0 Å². The molecule has 1 N–H and O–H groups in total. The van der Waals surface area contributed by atoms with Gasteiger partial charge in [0.1, 0.15) is 6.07 Å². The molecule has 0 saturated carbocycles. The van der Waals surface area contributed by atoms with Gasteiger partial charge in [-0.25, -0.2) is 13.1 Å². The van der Waals surface area contributed by atoms with Gasteiger partial charge in [-0.2, -0.15) is 16.6 Å². The molecule has 0 fully saturated rings. The number of rotatable bonds is 5. The highest BCUT2D eigenvalue weighted by Gasteiger charge is 2.18. The van der Waals surface area contributed by atoms with Gasteiger partial charge in [0.2, 0.25) is 10.0 Å². The molecule has 2 aromatic carbocycles. The first kappa shape index (κ1) is 16.4. The van der Waals surface area contributed by atoms with E-state index in [2.05, 4.69) is 4.72 Å². The normalized spacial score (nSPS) is 11.1. The molecule has 0 atom stereocenters. The summed E-state index contributed by atoms with van der Waals surface area (Å²) in [5, 5.41) is 13.1. The van der Waals surface area contributed by atoms with E-state index in [-0.39, 0.29) is 17.0 Å². The van der Waals surface area contributed by atoms with Crippen LogP contribution in [-0.2, 0) is 16.6 Å². The average Bonchev–Trinajstić information content (AvgIpc) is 3.15. The number of thiophene rings is 1. The molecule has 6 heteroatoms. The summed E-state index contributed by atoms with van der Waals surface area (Å²) in [5.74, 6) is 0. The highest BCUT2D eigenvalue weighted by Crippen LogP contribution is 2.26. The predicted octanol–water partition coefficient (Wildman–Crippen LogP) is 3.77. The van der Waals surface area contributed by atoms with Gasteiger partial charge in [0.25, 0.3) is 0 Å². The number of benzene rings is 2. The van der Waals surface area contributed by atoms with Crippen molar-refractivity contribution >= 4 is 21.4 Å². The molecule has 0 radical (unpaired) electrons. The van der Waals surface area contributed by atoms with Crippen LogP contribution in [0.1, 0.15) is 11.1 Å². The predicted molar refractivity (Wildman–Crippen MR) is 94.9 cm³/mol. The van der Waals surface area contributed by atoms with E-state index in [9.17, 15) is 8.42 Å². The first-order valence-corrected chi connectivity index (χ1v) is 9.64. The SMILES string of the molecule is N#Cc1ccccc1S(=O)(=O)NCc1ccccc1-c1ccsc1. The maximum absolute atomic E-state index is 12.5. The maximum Gasteiger partial charge on any atom is 0.242 e. The molecule has 0 spiro atoms. The van der Waals surface area contributed by atoms with Gasteiger partial charge in [-0.05, 0) is 45.6 Å². The summed E-state index contributed by atoms with van der Waals surface area (Å²) in [4.78, 5) is 0.000476. The molecule has 0 aliphatic carbocycles. The van der Waals surface area contributed by atoms with Crippen LogP contribution in [0.15, 0.2) is 70.3 Å². The minimum absolute atomic E-state index is 0.000476. The van der Waals surface area contributed by atoms with Gasteiger partial charge in [-0.15, -0.1) is 0 Å². The van der Waals surface area contributed by atoms with Crippen LogP contribution < -0.4 is 4.72 Å². The summed E-state index contributed by atoms with van der Waals surface area (Å²) in [5.41, 5.74) is 3.08. The topological polar surface area (TPSA) is 70.0 Å². The Morgan fingerprint density at radius 1 is 1.04 bits per heavy atom. The highest BCUT2D eigenvalue weighted by atomic mass is 32.2. The standard InChI is InChI=1S/C18H14N2O2S2/c19-11-14-5-2-4-8-18(14)24(21,22)20-12-15-6-1-3-7-17(15)16-9-10-23-13-16/h1-10,13,20H,12H2. The number of sulfonamides is 1. The molecule has 0 bridgehead atoms. The Kier molecular flexibility index (Phi) is 4.76. The lowest BCUT2D eigenvalue weighted by atomic mass is 10.0. The van der Waals surface area contributed by atoms with Crippen LogP contribution in [0.5, 0.6) is 0 Å². The van der Waals surface area contributed by atoms with Crippen molar-refractivity contribution in [2.45, 2.75) is 11.4 Å². The molecular weight excluding hydrogens is 340 g/mol. The van der Waals surface area contributed by atoms with Gasteiger partial charge in [-0.1, -0.05) is 36.4 Å². The van der Waals surface area contributed by atoms with Crippen molar-refractivity contribution in [3.63, 3.8) is 0 Å². The lowest BCUT2D eigenvalue weighted by Crippen LogP contribution is -2.24. The summed E-state index contributed by atoms with van der Waals surface area (Å²) in [6.45, 7) is 0.161. The first-order valence-electron chi connectivity index (χ1n) is 7.21. The average molecular weight is 354 g/mol. The van der Waals surface area contributed by atoms with E-state index in [0.717, 1.165) is 16.7 Å². The van der Waals surface area contributed by atoms with Crippen LogP contribution in [0.4, 0.5) is 0 Å². The Morgan fingerprint density at radius 3 is 2.54 bits per heavy atom. The van der Waals surface area contributed by atoms with Gasteiger partial charge < -0.3 is 0 Å². The van der Waals surface area contributed by atoms with E-state index >= 15 is 0 Å². The first-order chi connectivity index (χ1) is 11.6. The molecule has 0 aliphatic rings. The third-order valence-corrected chi connectivity index (χ3v) is 5.74. The molecule has 4 nitrogen and oxygen atoms in total. The smallest absolute Gasteiger partial charge is 0.207 e. The number of hydrogen-bond acceptors (Lipinski definition) is 4. The summed E-state index contributed by atoms with van der Waals surface area (Å²) >= 11 is 1.59. The number of nitrogens with zero attached hydrogens (tertiary/aromatic N) is 1. The van der Waals surface area contributed by atoms with Gasteiger partial charge in [-0.3, -0.25) is 0 Å². The van der Waals surface area contributed by atoms with Crippen molar-refractivity contribution in [1.29, 1.82) is 5.26 Å². The molecule has 3 rings (SSSR count). The molecule has 0 saturated heterocycles. The Balaban J connectivity index is 1.88. The van der Waals surface area contributed by atoms with Crippen LogP contribution in [-0.4, -0.2) is 8.42 Å². The zero-order chi connectivity index (χ0) is 17.0. The minimum atomic E-state index is -3.76. The van der Waals surface area contributed by atoms with Gasteiger partial charge in [0.05, 0.1) is 10.5 Å². The molecule has 0 unspecified atom stereocenters. The van der Waals surface area contributed by atoms with Crippen LogP contribution in [0.3, 0.4) is 0 Å². The van der Waals surface area contributed by atoms with E-state index in [1.807, 2.05) is 47.2 Å². The largest absolute Gasteiger partial charge is 0.242 e. The third-order valence-electron chi connectivity index (χ3n) is 3.60. The summed E-state index contributed by atoms with van der Waals surface area (Å²) < 4.78 is 27.6. The van der Waals surface area contributed by atoms with E-state index in [4.69, 9.17) is 5.26 Å². The molecule has 0 amide bonds. The van der Waals surface area contributed by atoms with Crippen LogP contribution >= 0.6 is 11.3 Å². The number of nitriles is 1. The monoisotopic (exact) mass is 354 g/mol. The second kappa shape index (κ2) is 6.97. The zero-order valence-corrected chi connectivity index (χ0v) is 14.3. The van der Waals surface area contributed by atoms with Gasteiger partial charge >= 0.3 is 0 Å². The summed E-state index contributed by atoms with van der Waals surface area (Å²) in [6.07, 6.45) is 0. The van der Waals surface area contributed by atoms with Crippen molar-refractivity contribution in [2.24, 2.45) is 0 Å². The fraction of sp³-hybridized carbons (Fsp3) is 0.0556. The molecule has 1 aromatic heterocycles. The Morgan fingerprint density at radius 2 is 1.79 bits per heavy atom. The van der Waals surface area contributed by atoms with E-state index in [1.54, 1.807) is 23.5 Å². The fourth-order valence-corrected chi connectivity index (χ4v) is 4.24. The van der Waals surface area contributed by atoms with Crippen molar-refractivity contribution in [3.05, 3.63) is 76.5 Å². The van der Waals surface area contributed by atoms with Crippen LogP contribution in [0.25, 0.3) is 11.1 Å². The fourth-order valence-electron chi connectivity index (χ4n) is 2.42. The molecule has 0 aliphatic heterocycles. The third kappa shape index (κ3) is 3.39. The quantitative estimate of drug-likeness (QED) is 0.758. The molecule has 120 valence electrons. The van der Waals surface area contributed by atoms with E-state index < -0.39 is 10.0 Å². The lowest BCUT2D eigenvalue weighted by Gasteiger charge is -2.11. The molecular formula is C18H14N2O2S2. The van der Waals surface area contributed by atoms with Gasteiger partial charge in [0, 0.05) is 6.54 Å². The zero-order valence-electron chi connectivity index (χ0n) is 12.6. The van der Waals surface area contributed by atoms with E-state index in [1.165, 1.54) is 12.1 Å². The maximum atomic E-state index is 12.5. The van der Waals surface area contributed by atoms with Crippen molar-refractivity contribution in [2.75, 3.05) is 0 Å².